The normalized spacial score (nSPS) is 13.7. The van der Waals surface area contributed by atoms with Crippen LogP contribution in [0.1, 0.15) is 36.1 Å². The molecule has 0 atom stereocenters. The highest BCUT2D eigenvalue weighted by atomic mass is 79.9. The van der Waals surface area contributed by atoms with Gasteiger partial charge < -0.3 is 4.90 Å². The maximum atomic E-state index is 12.6. The van der Waals surface area contributed by atoms with Crippen molar-refractivity contribution in [1.82, 2.24) is 4.90 Å². The highest BCUT2D eigenvalue weighted by Crippen LogP contribution is 2.32. The minimum atomic E-state index is -0.258. The predicted octanol–water partition coefficient (Wildman–Crippen LogP) is 6.62. The van der Waals surface area contributed by atoms with E-state index in [0.717, 1.165) is 17.5 Å². The third-order valence-electron chi connectivity index (χ3n) is 5.20. The van der Waals surface area contributed by atoms with Crippen molar-refractivity contribution < 1.29 is 9.59 Å². The van der Waals surface area contributed by atoms with Crippen LogP contribution >= 0.6 is 15.9 Å². The summed E-state index contributed by atoms with van der Waals surface area (Å²) in [5.74, 6) is -0.351. The molecule has 0 N–H and O–H groups in total. The minimum Gasteiger partial charge on any atom is -0.306 e. The Balaban J connectivity index is 0.000000305. The van der Waals surface area contributed by atoms with Gasteiger partial charge in [0.15, 0.2) is 5.78 Å². The Bertz CT molecular complexity index is 1040. The van der Waals surface area contributed by atoms with Crippen LogP contribution < -0.4 is 0 Å². The second-order valence-electron chi connectivity index (χ2n) is 7.34. The summed E-state index contributed by atoms with van der Waals surface area (Å²) in [6.45, 7) is 2.16. The average molecular weight is 488 g/mol. The van der Waals surface area contributed by atoms with E-state index in [0.29, 0.717) is 5.57 Å². The van der Waals surface area contributed by atoms with E-state index in [1.54, 1.807) is 22.2 Å². The van der Waals surface area contributed by atoms with Crippen molar-refractivity contribution in [2.75, 3.05) is 0 Å². The molecule has 0 fully saturated rings. The van der Waals surface area contributed by atoms with Crippen molar-refractivity contribution >= 4 is 27.6 Å². The number of hydrogen-bond acceptors (Lipinski definition) is 2. The molecule has 4 rings (SSSR count). The van der Waals surface area contributed by atoms with Gasteiger partial charge in [-0.1, -0.05) is 114 Å². The molecule has 3 aromatic carbocycles. The molecule has 0 aromatic heterocycles. The molecule has 0 aliphatic carbocycles. The first-order valence-corrected chi connectivity index (χ1v) is 11.5. The number of aryl methyl sites for hydroxylation is 1. The van der Waals surface area contributed by atoms with Crippen LogP contribution in [0.25, 0.3) is 0 Å². The van der Waals surface area contributed by atoms with E-state index in [1.165, 1.54) is 5.56 Å². The topological polar surface area (TPSA) is 37.4 Å². The van der Waals surface area contributed by atoms with Gasteiger partial charge in [0.25, 0.3) is 0 Å². The highest BCUT2D eigenvalue weighted by Gasteiger charge is 2.31. The Morgan fingerprint density at radius 1 is 0.844 bits per heavy atom. The summed E-state index contributed by atoms with van der Waals surface area (Å²) in [5, 5.41) is 0. The molecular formula is C28H26BrNO2. The van der Waals surface area contributed by atoms with Gasteiger partial charge in [-0.15, -0.1) is 0 Å². The molecule has 3 nitrogen and oxygen atoms in total. The molecule has 162 valence electrons. The largest absolute Gasteiger partial charge is 0.306 e. The van der Waals surface area contributed by atoms with Crippen molar-refractivity contribution in [2.24, 2.45) is 0 Å². The van der Waals surface area contributed by atoms with Crippen molar-refractivity contribution in [2.45, 2.75) is 25.8 Å². The Labute approximate surface area is 198 Å². The van der Waals surface area contributed by atoms with E-state index in [1.807, 2.05) is 66.7 Å². The molecule has 32 heavy (non-hydrogen) atoms. The predicted molar refractivity (Wildman–Crippen MR) is 133 cm³/mol. The first kappa shape index (κ1) is 23.4. The third-order valence-corrected chi connectivity index (χ3v) is 5.47. The van der Waals surface area contributed by atoms with Crippen LogP contribution in [0.5, 0.6) is 0 Å². The number of allylic oxidation sites excluding steroid dienone is 2. The van der Waals surface area contributed by atoms with Crippen molar-refractivity contribution in [3.63, 3.8) is 0 Å². The molecule has 1 aliphatic heterocycles. The number of amides is 1. The summed E-state index contributed by atoms with van der Waals surface area (Å²) < 4.78 is 0. The van der Waals surface area contributed by atoms with Crippen molar-refractivity contribution in [3.8, 4) is 0 Å². The Kier molecular flexibility index (Phi) is 8.76. The fourth-order valence-corrected chi connectivity index (χ4v) is 3.83. The fraction of sp³-hybridized carbons (Fsp3) is 0.143. The van der Waals surface area contributed by atoms with Gasteiger partial charge in [0, 0.05) is 11.8 Å². The number of hydrogen-bond donors (Lipinski definition) is 0. The molecule has 3 aromatic rings. The van der Waals surface area contributed by atoms with Crippen LogP contribution in [0.2, 0.25) is 0 Å². The number of carbonyl (C=O) groups excluding carboxylic acids is 2. The van der Waals surface area contributed by atoms with Crippen LogP contribution in [0.3, 0.4) is 0 Å². The standard InChI is InChI=1S/C20H16BrNO2.C8H10/c21-12-11-17-14-22(19(24)13-18(17)23)20(15-7-3-1-4-8-15)16-9-5-2-6-10-16;1-2-8-6-4-3-5-7-8/h1-12,14,20H,13H2;3-7H,2H2,1H3/b12-11+;. The number of carbonyl (C=O) groups is 2. The Morgan fingerprint density at radius 2 is 1.34 bits per heavy atom. The quantitative estimate of drug-likeness (QED) is 0.379. The lowest BCUT2D eigenvalue weighted by atomic mass is 9.94. The molecule has 1 amide bonds. The van der Waals surface area contributed by atoms with E-state index in [2.05, 4.69) is 47.1 Å². The summed E-state index contributed by atoms with van der Waals surface area (Å²) in [6.07, 6.45) is 4.35. The van der Waals surface area contributed by atoms with Gasteiger partial charge >= 0.3 is 0 Å². The zero-order valence-corrected chi connectivity index (χ0v) is 19.6. The first-order valence-electron chi connectivity index (χ1n) is 10.6. The summed E-state index contributed by atoms with van der Waals surface area (Å²) in [4.78, 5) is 27.9. The van der Waals surface area contributed by atoms with Gasteiger partial charge in [-0.05, 0) is 34.2 Å². The van der Waals surface area contributed by atoms with Crippen LogP contribution in [-0.4, -0.2) is 16.6 Å². The number of nitrogens with zero attached hydrogens (tertiary/aromatic N) is 1. The van der Waals surface area contributed by atoms with Crippen LogP contribution in [-0.2, 0) is 16.0 Å². The fourth-order valence-electron chi connectivity index (χ4n) is 3.54. The lowest BCUT2D eigenvalue weighted by Gasteiger charge is -2.32. The highest BCUT2D eigenvalue weighted by molar-refractivity contribution is 9.11. The SMILES string of the molecule is CCc1ccccc1.O=C1CC(=O)N(C(c2ccccc2)c2ccccc2)C=C1/C=C/Br. The maximum Gasteiger partial charge on any atom is 0.235 e. The second-order valence-corrected chi connectivity index (χ2v) is 7.87. The van der Waals surface area contributed by atoms with Crippen LogP contribution in [0.4, 0.5) is 0 Å². The number of ketones is 1. The third kappa shape index (κ3) is 6.14. The smallest absolute Gasteiger partial charge is 0.235 e. The van der Waals surface area contributed by atoms with Crippen molar-refractivity contribution in [3.05, 3.63) is 131 Å². The second kappa shape index (κ2) is 12.0. The van der Waals surface area contributed by atoms with E-state index < -0.39 is 0 Å². The molecule has 0 spiro atoms. The molecule has 4 heteroatoms. The van der Waals surface area contributed by atoms with E-state index in [4.69, 9.17) is 0 Å². The van der Waals surface area contributed by atoms with E-state index in [-0.39, 0.29) is 24.2 Å². The van der Waals surface area contributed by atoms with E-state index >= 15 is 0 Å². The molecule has 0 saturated heterocycles. The number of rotatable bonds is 5. The molecular weight excluding hydrogens is 462 g/mol. The van der Waals surface area contributed by atoms with Crippen LogP contribution in [0.15, 0.2) is 114 Å². The van der Waals surface area contributed by atoms with Crippen LogP contribution in [0, 0.1) is 0 Å². The van der Waals surface area contributed by atoms with E-state index in [9.17, 15) is 9.59 Å². The maximum absolute atomic E-state index is 12.6. The summed E-state index contributed by atoms with van der Waals surface area (Å²) >= 11 is 3.20. The van der Waals surface area contributed by atoms with Crippen molar-refractivity contribution in [1.29, 1.82) is 0 Å². The minimum absolute atomic E-state index is 0.112. The van der Waals surface area contributed by atoms with Gasteiger partial charge in [-0.2, -0.15) is 0 Å². The lowest BCUT2D eigenvalue weighted by molar-refractivity contribution is -0.134. The molecule has 0 bridgehead atoms. The number of halogens is 1. The molecule has 1 heterocycles. The van der Waals surface area contributed by atoms with Gasteiger partial charge in [0.05, 0.1) is 12.5 Å². The number of Topliss-reactive ketones (excluding diaryl/α,β-unsaturated/α-hetero) is 1. The summed E-state index contributed by atoms with van der Waals surface area (Å²) in [7, 11) is 0. The average Bonchev–Trinajstić information content (AvgIpc) is 2.84. The molecule has 0 radical (unpaired) electrons. The Hall–Kier alpha value is -3.24. The van der Waals surface area contributed by atoms with Gasteiger partial charge in [-0.25, -0.2) is 0 Å². The summed E-state index contributed by atoms with van der Waals surface area (Å²) in [6, 6.07) is 29.9. The zero-order valence-electron chi connectivity index (χ0n) is 18.0. The lowest BCUT2D eigenvalue weighted by Crippen LogP contribution is -2.36. The zero-order chi connectivity index (χ0) is 22.8. The Morgan fingerprint density at radius 3 is 1.78 bits per heavy atom. The molecule has 0 unspecified atom stereocenters. The summed E-state index contributed by atoms with van der Waals surface area (Å²) in [5.41, 5.74) is 3.94. The van der Waals surface area contributed by atoms with Gasteiger partial charge in [-0.3, -0.25) is 9.59 Å². The van der Waals surface area contributed by atoms with Gasteiger partial charge in [0.1, 0.15) is 0 Å². The first-order chi connectivity index (χ1) is 15.6. The monoisotopic (exact) mass is 487 g/mol. The number of benzene rings is 3. The molecule has 0 saturated carbocycles. The van der Waals surface area contributed by atoms with Gasteiger partial charge in [0.2, 0.25) is 5.91 Å². The molecule has 1 aliphatic rings.